The Balaban J connectivity index is 1.86. The van der Waals surface area contributed by atoms with Crippen LogP contribution in [0.4, 0.5) is 30.5 Å². The Kier molecular flexibility index (Phi) is 6.06. The number of hydrogen-bond donors (Lipinski definition) is 4. The number of methoxy groups -OCH3 is 1. The van der Waals surface area contributed by atoms with Crippen molar-refractivity contribution in [3.05, 3.63) is 64.2 Å². The van der Waals surface area contributed by atoms with Crippen LogP contribution in [0.25, 0.3) is 0 Å². The molecule has 0 spiro atoms. The molecule has 11 heteroatoms. The molecule has 7 nitrogen and oxygen atoms in total. The molecule has 0 fully saturated rings. The number of aromatic amines is 1. The van der Waals surface area contributed by atoms with E-state index >= 15 is 0 Å². The lowest BCUT2D eigenvalue weighted by molar-refractivity contribution is -0.137. The molecule has 3 rings (SSSR count). The van der Waals surface area contributed by atoms with Crippen molar-refractivity contribution in [2.45, 2.75) is 12.7 Å². The Bertz CT molecular complexity index is 1070. The van der Waals surface area contributed by atoms with Gasteiger partial charge in [0.2, 0.25) is 0 Å². The first-order chi connectivity index (χ1) is 14.2. The lowest BCUT2D eigenvalue weighted by Gasteiger charge is -2.13. The summed E-state index contributed by atoms with van der Waals surface area (Å²) in [7, 11) is 1.35. The van der Waals surface area contributed by atoms with Gasteiger partial charge in [-0.25, -0.2) is 0 Å². The molecule has 0 aliphatic rings. The number of nitrogens with one attached hydrogen (secondary N) is 3. The van der Waals surface area contributed by atoms with E-state index in [1.807, 2.05) is 0 Å². The largest absolute Gasteiger partial charge is 0.496 e. The van der Waals surface area contributed by atoms with Crippen LogP contribution in [0.3, 0.4) is 0 Å². The van der Waals surface area contributed by atoms with E-state index in [1.165, 1.54) is 13.2 Å². The molecular weight excluding hydrogens is 423 g/mol. The molecule has 0 aliphatic carbocycles. The summed E-state index contributed by atoms with van der Waals surface area (Å²) in [6.45, 7) is -0.0885. The smallest absolute Gasteiger partial charge is 0.416 e. The summed E-state index contributed by atoms with van der Waals surface area (Å²) in [5, 5.41) is 12.9. The molecule has 0 saturated heterocycles. The number of ether oxygens (including phenoxy) is 1. The molecule has 0 bridgehead atoms. The quantitative estimate of drug-likeness (QED) is 0.432. The molecule has 30 heavy (non-hydrogen) atoms. The number of benzene rings is 2. The van der Waals surface area contributed by atoms with Crippen molar-refractivity contribution in [1.29, 1.82) is 0 Å². The Hall–Kier alpha value is -3.40. The normalized spacial score (nSPS) is 11.2. The van der Waals surface area contributed by atoms with Gasteiger partial charge in [-0.05, 0) is 36.4 Å². The molecule has 1 aromatic heterocycles. The summed E-state index contributed by atoms with van der Waals surface area (Å²) in [6.07, 6.45) is -4.50. The molecule has 3 aromatic rings. The van der Waals surface area contributed by atoms with Crippen LogP contribution in [-0.2, 0) is 12.7 Å². The maximum absolute atomic E-state index is 13.0. The van der Waals surface area contributed by atoms with Crippen LogP contribution in [0, 0.1) is 0 Å². The molecule has 1 heterocycles. The third kappa shape index (κ3) is 4.77. The van der Waals surface area contributed by atoms with E-state index in [9.17, 15) is 18.0 Å². The van der Waals surface area contributed by atoms with Crippen molar-refractivity contribution in [3.8, 4) is 5.75 Å². The minimum atomic E-state index is -4.50. The van der Waals surface area contributed by atoms with Gasteiger partial charge in [0, 0.05) is 22.8 Å². The summed E-state index contributed by atoms with van der Waals surface area (Å²) in [6, 6.07) is 9.87. The number of primary amides is 1. The number of alkyl halides is 3. The zero-order valence-corrected chi connectivity index (χ0v) is 16.4. The Labute approximate surface area is 174 Å². The van der Waals surface area contributed by atoms with Gasteiger partial charge in [0.1, 0.15) is 17.1 Å². The zero-order valence-electron chi connectivity index (χ0n) is 15.6. The molecule has 0 saturated carbocycles. The van der Waals surface area contributed by atoms with Gasteiger partial charge >= 0.3 is 6.18 Å². The van der Waals surface area contributed by atoms with Crippen molar-refractivity contribution >= 4 is 34.8 Å². The minimum absolute atomic E-state index is 0.0147. The second-order valence-corrected chi connectivity index (χ2v) is 6.64. The fourth-order valence-corrected chi connectivity index (χ4v) is 2.97. The molecule has 2 aromatic carbocycles. The first-order valence-corrected chi connectivity index (χ1v) is 8.95. The van der Waals surface area contributed by atoms with Gasteiger partial charge < -0.3 is 21.1 Å². The molecule has 0 aliphatic heterocycles. The van der Waals surface area contributed by atoms with E-state index in [0.717, 1.165) is 12.1 Å². The third-order valence-corrected chi connectivity index (χ3v) is 4.40. The number of nitrogens with zero attached hydrogens (tertiary/aromatic N) is 1. The molecule has 0 unspecified atom stereocenters. The summed E-state index contributed by atoms with van der Waals surface area (Å²) in [5.41, 5.74) is 5.48. The number of aromatic nitrogens is 2. The SMILES string of the molecule is COc1ccc(C(F)(F)F)cc1CNc1n[nH]c(Nc2cccc(Cl)c2)c1C(N)=O. The summed E-state index contributed by atoms with van der Waals surface area (Å²) >= 11 is 5.95. The highest BCUT2D eigenvalue weighted by Gasteiger charge is 2.31. The van der Waals surface area contributed by atoms with Crippen LogP contribution >= 0.6 is 11.6 Å². The van der Waals surface area contributed by atoms with Gasteiger partial charge in [0.05, 0.1) is 12.7 Å². The van der Waals surface area contributed by atoms with Crippen molar-refractivity contribution < 1.29 is 22.7 Å². The molecule has 158 valence electrons. The molecule has 0 atom stereocenters. The highest BCUT2D eigenvalue weighted by Crippen LogP contribution is 2.33. The Morgan fingerprint density at radius 2 is 2.03 bits per heavy atom. The lowest BCUT2D eigenvalue weighted by Crippen LogP contribution is -2.15. The van der Waals surface area contributed by atoms with Gasteiger partial charge in [0.25, 0.3) is 5.91 Å². The van der Waals surface area contributed by atoms with Crippen LogP contribution < -0.4 is 21.1 Å². The Morgan fingerprint density at radius 3 is 2.67 bits per heavy atom. The maximum Gasteiger partial charge on any atom is 0.416 e. The fourth-order valence-electron chi connectivity index (χ4n) is 2.78. The first-order valence-electron chi connectivity index (χ1n) is 8.57. The summed E-state index contributed by atoms with van der Waals surface area (Å²) in [4.78, 5) is 12.0. The fraction of sp³-hybridized carbons (Fsp3) is 0.158. The number of rotatable bonds is 7. The first kappa shape index (κ1) is 21.3. The topological polar surface area (TPSA) is 105 Å². The maximum atomic E-state index is 13.0. The van der Waals surface area contributed by atoms with Gasteiger partial charge in [0.15, 0.2) is 5.82 Å². The van der Waals surface area contributed by atoms with E-state index in [-0.39, 0.29) is 35.1 Å². The molecule has 0 radical (unpaired) electrons. The minimum Gasteiger partial charge on any atom is -0.496 e. The van der Waals surface area contributed by atoms with Gasteiger partial charge in [-0.2, -0.15) is 18.3 Å². The zero-order chi connectivity index (χ0) is 21.9. The monoisotopic (exact) mass is 439 g/mol. The van der Waals surface area contributed by atoms with Crippen molar-refractivity contribution in [1.82, 2.24) is 10.2 Å². The average Bonchev–Trinajstić information content (AvgIpc) is 3.08. The van der Waals surface area contributed by atoms with Crippen molar-refractivity contribution in [2.24, 2.45) is 5.73 Å². The second kappa shape index (κ2) is 8.54. The summed E-state index contributed by atoms with van der Waals surface area (Å²) < 4.78 is 44.2. The second-order valence-electron chi connectivity index (χ2n) is 6.20. The lowest BCUT2D eigenvalue weighted by atomic mass is 10.1. The number of hydrogen-bond acceptors (Lipinski definition) is 5. The van der Waals surface area contributed by atoms with Gasteiger partial charge in [-0.15, -0.1) is 0 Å². The van der Waals surface area contributed by atoms with Crippen LogP contribution in [0.15, 0.2) is 42.5 Å². The highest BCUT2D eigenvalue weighted by atomic mass is 35.5. The molecular formula is C19H17ClF3N5O2. The number of carbonyl (C=O) groups is 1. The van der Waals surface area contributed by atoms with Gasteiger partial charge in [-0.1, -0.05) is 17.7 Å². The van der Waals surface area contributed by atoms with E-state index in [4.69, 9.17) is 22.1 Å². The number of halogens is 4. The number of amides is 1. The van der Waals surface area contributed by atoms with Crippen LogP contribution in [-0.4, -0.2) is 23.2 Å². The van der Waals surface area contributed by atoms with Gasteiger partial charge in [-0.3, -0.25) is 9.89 Å². The van der Waals surface area contributed by atoms with Crippen LogP contribution in [0.2, 0.25) is 5.02 Å². The van der Waals surface area contributed by atoms with E-state index < -0.39 is 17.6 Å². The average molecular weight is 440 g/mol. The predicted octanol–water partition coefficient (Wildman–Crippen LogP) is 4.55. The number of nitrogens with two attached hydrogens (primary N) is 1. The van der Waals surface area contributed by atoms with Crippen molar-refractivity contribution in [2.75, 3.05) is 17.7 Å². The predicted molar refractivity (Wildman–Crippen MR) is 107 cm³/mol. The van der Waals surface area contributed by atoms with Crippen LogP contribution in [0.5, 0.6) is 5.75 Å². The van der Waals surface area contributed by atoms with E-state index in [2.05, 4.69) is 20.8 Å². The van der Waals surface area contributed by atoms with E-state index in [0.29, 0.717) is 10.7 Å². The summed E-state index contributed by atoms with van der Waals surface area (Å²) in [5.74, 6) is -0.245. The highest BCUT2D eigenvalue weighted by molar-refractivity contribution is 6.30. The van der Waals surface area contributed by atoms with E-state index in [1.54, 1.807) is 24.3 Å². The number of anilines is 3. The number of carbonyl (C=O) groups excluding carboxylic acids is 1. The molecule has 1 amide bonds. The van der Waals surface area contributed by atoms with Crippen LogP contribution in [0.1, 0.15) is 21.5 Å². The molecule has 5 N–H and O–H groups in total. The third-order valence-electron chi connectivity index (χ3n) is 4.16. The standard InChI is InChI=1S/C19H17ClF3N5O2/c1-30-14-6-5-11(19(21,22)23)7-10(14)9-25-17-15(16(24)29)18(28-27-17)26-13-4-2-3-12(20)8-13/h2-8H,9H2,1H3,(H2,24,29)(H3,25,26,27,28). The Morgan fingerprint density at radius 1 is 1.27 bits per heavy atom. The number of H-pyrrole nitrogens is 1. The van der Waals surface area contributed by atoms with Crippen molar-refractivity contribution in [3.63, 3.8) is 0 Å².